The van der Waals surface area contributed by atoms with Gasteiger partial charge in [-0.1, -0.05) is 6.07 Å². The van der Waals surface area contributed by atoms with Crippen LogP contribution in [-0.4, -0.2) is 55.9 Å². The smallest absolute Gasteiger partial charge is 0.410 e. The Balaban J connectivity index is 1.38. The van der Waals surface area contributed by atoms with Crippen molar-refractivity contribution in [3.05, 3.63) is 52.8 Å². The minimum Gasteiger partial charge on any atom is -0.496 e. The number of nitrogens with zero attached hydrogens (tertiary/aromatic N) is 5. The summed E-state index contributed by atoms with van der Waals surface area (Å²) in [4.78, 5) is 32.4. The molecule has 0 fully saturated rings. The summed E-state index contributed by atoms with van der Waals surface area (Å²) in [5.41, 5.74) is 2.26. The van der Waals surface area contributed by atoms with Crippen LogP contribution in [0, 0.1) is 0 Å². The molecule has 5 rings (SSSR count). The number of carbonyl (C=O) groups excluding carboxylic acids is 2. The molecule has 38 heavy (non-hydrogen) atoms. The first-order chi connectivity index (χ1) is 17.9. The number of rotatable bonds is 4. The van der Waals surface area contributed by atoms with Crippen molar-refractivity contribution in [3.8, 4) is 17.3 Å². The van der Waals surface area contributed by atoms with E-state index in [2.05, 4.69) is 38.9 Å². The van der Waals surface area contributed by atoms with Crippen LogP contribution in [-0.2, 0) is 29.7 Å². The van der Waals surface area contributed by atoms with Crippen LogP contribution in [0.3, 0.4) is 0 Å². The van der Waals surface area contributed by atoms with E-state index in [-0.39, 0.29) is 17.5 Å². The first-order valence-corrected chi connectivity index (χ1v) is 12.9. The fourth-order valence-electron chi connectivity index (χ4n) is 5.04. The lowest BCUT2D eigenvalue weighted by Crippen LogP contribution is -2.40. The predicted octanol–water partition coefficient (Wildman–Crippen LogP) is 4.58. The molecule has 200 valence electrons. The zero-order chi connectivity index (χ0) is 27.2. The van der Waals surface area contributed by atoms with Gasteiger partial charge in [-0.3, -0.25) is 4.79 Å². The molecule has 1 aromatic carbocycles. The van der Waals surface area contributed by atoms with E-state index in [1.165, 1.54) is 0 Å². The standard InChI is InChI=1S/C28H34N6O4/c1-27(2,3)38-26(36)33-13-11-17-15-21(37-6)19(14-18(17)16-33)25(35)30-22-9-7-8-20(29-22)24-32-31-23-10-12-28(4,5)34(23)24/h7-9,14-15H,10-13,16H2,1-6H3,(H,29,30,35). The van der Waals surface area contributed by atoms with Crippen LogP contribution in [0.5, 0.6) is 5.75 Å². The fraction of sp³-hybridized carbons (Fsp3) is 0.464. The van der Waals surface area contributed by atoms with Gasteiger partial charge in [0.1, 0.15) is 28.7 Å². The number of ether oxygens (including phenoxy) is 2. The molecule has 0 aliphatic carbocycles. The Kier molecular flexibility index (Phi) is 6.36. The van der Waals surface area contributed by atoms with Gasteiger partial charge in [-0.05, 0) is 82.9 Å². The zero-order valence-electron chi connectivity index (χ0n) is 22.8. The maximum Gasteiger partial charge on any atom is 0.410 e. The van der Waals surface area contributed by atoms with Crippen molar-refractivity contribution in [1.29, 1.82) is 0 Å². The van der Waals surface area contributed by atoms with Crippen LogP contribution in [0.4, 0.5) is 10.6 Å². The minimum absolute atomic E-state index is 0.0984. The summed E-state index contributed by atoms with van der Waals surface area (Å²) in [5.74, 6) is 2.15. The van der Waals surface area contributed by atoms with Gasteiger partial charge in [0, 0.05) is 25.0 Å². The number of aromatic nitrogens is 4. The topological polar surface area (TPSA) is 111 Å². The molecule has 2 aromatic heterocycles. The highest BCUT2D eigenvalue weighted by molar-refractivity contribution is 6.06. The maximum absolute atomic E-state index is 13.4. The summed E-state index contributed by atoms with van der Waals surface area (Å²) in [7, 11) is 1.54. The number of fused-ring (bicyclic) bond motifs is 2. The van der Waals surface area contributed by atoms with Crippen LogP contribution < -0.4 is 10.1 Å². The summed E-state index contributed by atoms with van der Waals surface area (Å²) >= 11 is 0. The van der Waals surface area contributed by atoms with Gasteiger partial charge in [0.15, 0.2) is 5.82 Å². The molecule has 1 N–H and O–H groups in total. The molecule has 2 amide bonds. The quantitative estimate of drug-likeness (QED) is 0.538. The van der Waals surface area contributed by atoms with E-state index in [0.29, 0.717) is 48.2 Å². The van der Waals surface area contributed by atoms with Crippen molar-refractivity contribution in [2.24, 2.45) is 0 Å². The molecular weight excluding hydrogens is 484 g/mol. The van der Waals surface area contributed by atoms with Crippen LogP contribution in [0.2, 0.25) is 0 Å². The molecule has 0 radical (unpaired) electrons. The van der Waals surface area contributed by atoms with Crippen molar-refractivity contribution in [2.45, 2.75) is 71.6 Å². The van der Waals surface area contributed by atoms with Crippen molar-refractivity contribution in [2.75, 3.05) is 19.0 Å². The normalized spacial score (nSPS) is 16.0. The fourth-order valence-corrected chi connectivity index (χ4v) is 5.04. The van der Waals surface area contributed by atoms with E-state index in [0.717, 1.165) is 29.8 Å². The van der Waals surface area contributed by atoms with E-state index in [9.17, 15) is 9.59 Å². The highest BCUT2D eigenvalue weighted by Gasteiger charge is 2.34. The van der Waals surface area contributed by atoms with Gasteiger partial charge >= 0.3 is 6.09 Å². The van der Waals surface area contributed by atoms with E-state index in [1.807, 2.05) is 39.0 Å². The van der Waals surface area contributed by atoms with Gasteiger partial charge < -0.3 is 24.3 Å². The molecule has 0 saturated carbocycles. The molecule has 3 aromatic rings. The molecule has 0 saturated heterocycles. The van der Waals surface area contributed by atoms with Gasteiger partial charge in [-0.25, -0.2) is 9.78 Å². The number of hydrogen-bond acceptors (Lipinski definition) is 7. The van der Waals surface area contributed by atoms with Crippen molar-refractivity contribution >= 4 is 17.8 Å². The summed E-state index contributed by atoms with van der Waals surface area (Å²) in [5, 5.41) is 11.6. The summed E-state index contributed by atoms with van der Waals surface area (Å²) in [6, 6.07) is 9.11. The lowest BCUT2D eigenvalue weighted by molar-refractivity contribution is 0.0224. The predicted molar refractivity (Wildman–Crippen MR) is 142 cm³/mol. The molecule has 10 nitrogen and oxygen atoms in total. The van der Waals surface area contributed by atoms with Crippen LogP contribution in [0.25, 0.3) is 11.5 Å². The average Bonchev–Trinajstić information content (AvgIpc) is 3.43. The summed E-state index contributed by atoms with van der Waals surface area (Å²) < 4.78 is 13.2. The number of pyridine rings is 1. The Morgan fingerprint density at radius 2 is 1.87 bits per heavy atom. The molecule has 0 bridgehead atoms. The number of benzene rings is 1. The Morgan fingerprint density at radius 1 is 1.08 bits per heavy atom. The van der Waals surface area contributed by atoms with Crippen molar-refractivity contribution < 1.29 is 19.1 Å². The van der Waals surface area contributed by atoms with E-state index in [1.54, 1.807) is 24.1 Å². The van der Waals surface area contributed by atoms with Crippen molar-refractivity contribution in [3.63, 3.8) is 0 Å². The largest absolute Gasteiger partial charge is 0.496 e. The Hall–Kier alpha value is -3.95. The molecule has 10 heteroatoms. The number of carbonyl (C=O) groups is 2. The van der Waals surface area contributed by atoms with Crippen molar-refractivity contribution in [1.82, 2.24) is 24.6 Å². The molecule has 0 atom stereocenters. The molecule has 4 heterocycles. The number of hydrogen-bond donors (Lipinski definition) is 1. The maximum atomic E-state index is 13.4. The Morgan fingerprint density at radius 3 is 2.61 bits per heavy atom. The number of methoxy groups -OCH3 is 1. The molecule has 0 unspecified atom stereocenters. The van der Waals surface area contributed by atoms with Gasteiger partial charge in [0.25, 0.3) is 5.91 Å². The van der Waals surface area contributed by atoms with Crippen LogP contribution in [0.15, 0.2) is 30.3 Å². The lowest BCUT2D eigenvalue weighted by atomic mass is 9.96. The van der Waals surface area contributed by atoms with Gasteiger partial charge in [0.2, 0.25) is 0 Å². The average molecular weight is 519 g/mol. The van der Waals surface area contributed by atoms with Crippen LogP contribution in [0.1, 0.15) is 68.3 Å². The Bertz CT molecular complexity index is 1400. The second-order valence-corrected chi connectivity index (χ2v) is 11.4. The minimum atomic E-state index is -0.577. The zero-order valence-corrected chi connectivity index (χ0v) is 22.8. The number of aryl methyl sites for hydroxylation is 1. The highest BCUT2D eigenvalue weighted by Crippen LogP contribution is 2.35. The number of nitrogens with one attached hydrogen (secondary N) is 1. The number of anilines is 1. The third kappa shape index (κ3) is 4.94. The van der Waals surface area contributed by atoms with Gasteiger partial charge in [-0.15, -0.1) is 10.2 Å². The lowest BCUT2D eigenvalue weighted by Gasteiger charge is -2.31. The number of amides is 2. The Labute approximate surface area is 222 Å². The third-order valence-corrected chi connectivity index (χ3v) is 6.95. The molecule has 2 aliphatic rings. The second-order valence-electron chi connectivity index (χ2n) is 11.4. The first kappa shape index (κ1) is 25.7. The van der Waals surface area contributed by atoms with E-state index >= 15 is 0 Å². The van der Waals surface area contributed by atoms with Gasteiger partial charge in [-0.2, -0.15) is 0 Å². The highest BCUT2D eigenvalue weighted by atomic mass is 16.6. The van der Waals surface area contributed by atoms with E-state index in [4.69, 9.17) is 9.47 Å². The second kappa shape index (κ2) is 9.41. The monoisotopic (exact) mass is 518 g/mol. The SMILES string of the molecule is COc1cc2c(cc1C(=O)Nc1cccc(-c3nnc4n3C(C)(C)CC4)n1)CN(C(=O)OC(C)(C)C)CC2. The van der Waals surface area contributed by atoms with E-state index < -0.39 is 5.60 Å². The molecule has 2 aliphatic heterocycles. The van der Waals surface area contributed by atoms with Gasteiger partial charge in [0.05, 0.1) is 12.7 Å². The van der Waals surface area contributed by atoms with Crippen LogP contribution >= 0.6 is 0 Å². The molecular formula is C28H34N6O4. The summed E-state index contributed by atoms with van der Waals surface area (Å²) in [6.07, 6.45) is 2.15. The third-order valence-electron chi connectivity index (χ3n) is 6.95. The molecule has 0 spiro atoms. The summed E-state index contributed by atoms with van der Waals surface area (Å²) in [6.45, 7) is 10.7. The first-order valence-electron chi connectivity index (χ1n) is 12.9.